The van der Waals surface area contributed by atoms with Gasteiger partial charge >= 0.3 is 0 Å². The number of rotatable bonds is 4. The molecule has 2 aromatic carbocycles. The highest BCUT2D eigenvalue weighted by atomic mass is 16.3. The summed E-state index contributed by atoms with van der Waals surface area (Å²) < 4.78 is 2.38. The molecule has 0 aliphatic rings. The minimum atomic E-state index is 0.310. The fourth-order valence-electron chi connectivity index (χ4n) is 2.64. The normalized spacial score (nSPS) is 11.1. The predicted molar refractivity (Wildman–Crippen MR) is 83.9 cm³/mol. The molecule has 0 aliphatic heterocycles. The number of hydrogen-bond acceptors (Lipinski definition) is 1. The summed E-state index contributed by atoms with van der Waals surface area (Å²) in [6.45, 7) is 3.24. The Kier molecular flexibility index (Phi) is 3.46. The minimum absolute atomic E-state index is 0.310. The van der Waals surface area contributed by atoms with E-state index in [2.05, 4.69) is 41.8 Å². The van der Waals surface area contributed by atoms with E-state index in [9.17, 15) is 5.11 Å². The third-order valence-electron chi connectivity index (χ3n) is 3.71. The van der Waals surface area contributed by atoms with Crippen LogP contribution in [0.3, 0.4) is 0 Å². The lowest BCUT2D eigenvalue weighted by Crippen LogP contribution is -1.99. The van der Waals surface area contributed by atoms with Crippen LogP contribution in [0.5, 0.6) is 5.75 Å². The first-order valence-corrected chi connectivity index (χ1v) is 7.17. The van der Waals surface area contributed by atoms with Gasteiger partial charge < -0.3 is 9.67 Å². The second kappa shape index (κ2) is 5.41. The topological polar surface area (TPSA) is 25.2 Å². The number of unbranched alkanes of at least 4 members (excludes halogenated alkanes) is 1. The summed E-state index contributed by atoms with van der Waals surface area (Å²) in [5, 5.41) is 10.7. The second-order valence-electron chi connectivity index (χ2n) is 5.14. The average Bonchev–Trinajstić information content (AvgIpc) is 2.84. The lowest BCUT2D eigenvalue weighted by atomic mass is 10.1. The molecule has 3 aromatic rings. The predicted octanol–water partition coefficient (Wildman–Crippen LogP) is 4.81. The molecule has 0 atom stereocenters. The summed E-state index contributed by atoms with van der Waals surface area (Å²) in [6.07, 6.45) is 2.35. The van der Waals surface area contributed by atoms with Crippen molar-refractivity contribution in [2.75, 3.05) is 0 Å². The van der Waals surface area contributed by atoms with Crippen LogP contribution in [0.4, 0.5) is 0 Å². The van der Waals surface area contributed by atoms with Crippen LogP contribution >= 0.6 is 0 Å². The van der Waals surface area contributed by atoms with Crippen LogP contribution in [0.1, 0.15) is 19.8 Å². The standard InChI is InChI=1S/C18H19NO/c1-2-3-12-19-17-7-5-4-6-15(17)13-18(19)14-8-10-16(20)11-9-14/h4-11,13,20H,2-3,12H2,1H3. The van der Waals surface area contributed by atoms with E-state index in [0.29, 0.717) is 5.75 Å². The summed E-state index contributed by atoms with van der Waals surface area (Å²) in [7, 11) is 0. The zero-order chi connectivity index (χ0) is 13.9. The molecule has 1 aromatic heterocycles. The Hall–Kier alpha value is -2.22. The van der Waals surface area contributed by atoms with Crippen LogP contribution in [0.2, 0.25) is 0 Å². The van der Waals surface area contributed by atoms with E-state index >= 15 is 0 Å². The Labute approximate surface area is 119 Å². The van der Waals surface area contributed by atoms with Gasteiger partial charge in [0.25, 0.3) is 0 Å². The Morgan fingerprint density at radius 3 is 2.50 bits per heavy atom. The number of phenolic OH excluding ortho intramolecular Hbond substituents is 1. The first-order chi connectivity index (χ1) is 9.79. The van der Waals surface area contributed by atoms with Crippen LogP contribution in [0.25, 0.3) is 22.2 Å². The SMILES string of the molecule is CCCCn1c(-c2ccc(O)cc2)cc2ccccc21. The van der Waals surface area contributed by atoms with Crippen molar-refractivity contribution in [1.82, 2.24) is 4.57 Å². The fourth-order valence-corrected chi connectivity index (χ4v) is 2.64. The molecule has 0 bridgehead atoms. The second-order valence-corrected chi connectivity index (χ2v) is 5.14. The van der Waals surface area contributed by atoms with Gasteiger partial charge in [-0.3, -0.25) is 0 Å². The van der Waals surface area contributed by atoms with E-state index in [0.717, 1.165) is 12.1 Å². The first kappa shape index (κ1) is 12.8. The summed E-state index contributed by atoms with van der Waals surface area (Å²) in [5.74, 6) is 0.310. The van der Waals surface area contributed by atoms with Gasteiger partial charge in [0.15, 0.2) is 0 Å². The molecule has 0 spiro atoms. The highest BCUT2D eigenvalue weighted by Crippen LogP contribution is 2.29. The Bertz CT molecular complexity index is 710. The molecule has 102 valence electrons. The molecule has 0 amide bonds. The highest BCUT2D eigenvalue weighted by Gasteiger charge is 2.09. The molecule has 20 heavy (non-hydrogen) atoms. The summed E-state index contributed by atoms with van der Waals surface area (Å²) >= 11 is 0. The zero-order valence-corrected chi connectivity index (χ0v) is 11.7. The number of aryl methyl sites for hydroxylation is 1. The molecule has 0 radical (unpaired) electrons. The minimum Gasteiger partial charge on any atom is -0.508 e. The van der Waals surface area contributed by atoms with Crippen molar-refractivity contribution in [3.05, 3.63) is 54.6 Å². The molecule has 2 nitrogen and oxygen atoms in total. The number of para-hydroxylation sites is 1. The van der Waals surface area contributed by atoms with E-state index in [1.165, 1.54) is 29.4 Å². The lowest BCUT2D eigenvalue weighted by molar-refractivity contribution is 0.475. The van der Waals surface area contributed by atoms with Gasteiger partial charge in [0, 0.05) is 23.1 Å². The molecule has 0 fully saturated rings. The van der Waals surface area contributed by atoms with Crippen LogP contribution in [-0.2, 0) is 6.54 Å². The van der Waals surface area contributed by atoms with Gasteiger partial charge in [-0.1, -0.05) is 31.5 Å². The molecule has 0 aliphatic carbocycles. The lowest BCUT2D eigenvalue weighted by Gasteiger charge is -2.10. The van der Waals surface area contributed by atoms with Crippen molar-refractivity contribution in [2.45, 2.75) is 26.3 Å². The van der Waals surface area contributed by atoms with Gasteiger partial charge in [0.05, 0.1) is 0 Å². The monoisotopic (exact) mass is 265 g/mol. The molecule has 1 N–H and O–H groups in total. The maximum absolute atomic E-state index is 9.45. The van der Waals surface area contributed by atoms with Crippen LogP contribution in [0, 0.1) is 0 Å². The molecule has 3 rings (SSSR count). The van der Waals surface area contributed by atoms with Crippen molar-refractivity contribution < 1.29 is 5.11 Å². The van der Waals surface area contributed by atoms with Crippen molar-refractivity contribution in [1.29, 1.82) is 0 Å². The van der Waals surface area contributed by atoms with Gasteiger partial charge in [-0.05, 0) is 48.4 Å². The van der Waals surface area contributed by atoms with Crippen molar-refractivity contribution >= 4 is 10.9 Å². The van der Waals surface area contributed by atoms with Gasteiger partial charge in [-0.2, -0.15) is 0 Å². The molecular weight excluding hydrogens is 246 g/mol. The molecule has 0 saturated carbocycles. The van der Waals surface area contributed by atoms with E-state index in [-0.39, 0.29) is 0 Å². The quantitative estimate of drug-likeness (QED) is 0.719. The van der Waals surface area contributed by atoms with Crippen LogP contribution in [-0.4, -0.2) is 9.67 Å². The Morgan fingerprint density at radius 1 is 1.00 bits per heavy atom. The number of benzene rings is 2. The van der Waals surface area contributed by atoms with Crippen molar-refractivity contribution in [2.24, 2.45) is 0 Å². The maximum Gasteiger partial charge on any atom is 0.115 e. The highest BCUT2D eigenvalue weighted by molar-refractivity contribution is 5.87. The summed E-state index contributed by atoms with van der Waals surface area (Å²) in [4.78, 5) is 0. The molecule has 0 saturated heterocycles. The number of hydrogen-bond donors (Lipinski definition) is 1. The Balaban J connectivity index is 2.15. The van der Waals surface area contributed by atoms with Crippen molar-refractivity contribution in [3.8, 4) is 17.0 Å². The Morgan fingerprint density at radius 2 is 1.75 bits per heavy atom. The van der Waals surface area contributed by atoms with Gasteiger partial charge in [0.2, 0.25) is 0 Å². The third-order valence-corrected chi connectivity index (χ3v) is 3.71. The number of nitrogens with zero attached hydrogens (tertiary/aromatic N) is 1. The van der Waals surface area contributed by atoms with E-state index in [1.54, 1.807) is 12.1 Å². The third kappa shape index (κ3) is 2.29. The maximum atomic E-state index is 9.45. The number of phenols is 1. The van der Waals surface area contributed by atoms with Gasteiger partial charge in [-0.15, -0.1) is 0 Å². The van der Waals surface area contributed by atoms with Crippen LogP contribution in [0.15, 0.2) is 54.6 Å². The van der Waals surface area contributed by atoms with E-state index in [1.807, 2.05) is 12.1 Å². The molecule has 0 unspecified atom stereocenters. The van der Waals surface area contributed by atoms with Crippen LogP contribution < -0.4 is 0 Å². The zero-order valence-electron chi connectivity index (χ0n) is 11.7. The first-order valence-electron chi connectivity index (χ1n) is 7.17. The fraction of sp³-hybridized carbons (Fsp3) is 0.222. The summed E-state index contributed by atoms with van der Waals surface area (Å²) in [6, 6.07) is 18.2. The van der Waals surface area contributed by atoms with Crippen molar-refractivity contribution in [3.63, 3.8) is 0 Å². The van der Waals surface area contributed by atoms with E-state index in [4.69, 9.17) is 0 Å². The van der Waals surface area contributed by atoms with Gasteiger partial charge in [0.1, 0.15) is 5.75 Å². The number of aromatic nitrogens is 1. The van der Waals surface area contributed by atoms with Gasteiger partial charge in [-0.25, -0.2) is 0 Å². The van der Waals surface area contributed by atoms with E-state index < -0.39 is 0 Å². The largest absolute Gasteiger partial charge is 0.508 e. The number of aromatic hydroxyl groups is 1. The molecule has 2 heteroatoms. The molecule has 1 heterocycles. The summed E-state index contributed by atoms with van der Waals surface area (Å²) in [5.41, 5.74) is 3.65. The molecular formula is C18H19NO. The average molecular weight is 265 g/mol. The smallest absolute Gasteiger partial charge is 0.115 e. The number of fused-ring (bicyclic) bond motifs is 1.